The van der Waals surface area contributed by atoms with Crippen molar-refractivity contribution in [3.63, 3.8) is 0 Å². The average Bonchev–Trinajstić information content (AvgIpc) is 2.94. The standard InChI is InChI=1S/C18H21FN2O4S/c1-12-17(13(2)25-20-12)11-18(22)21-9-7-16(8-10-21)26(23,24)15-5-3-14(19)4-6-15/h3-6,16H,7-11H2,1-2H3. The largest absolute Gasteiger partial charge is 0.361 e. The van der Waals surface area contributed by atoms with Crippen LogP contribution in [0.25, 0.3) is 0 Å². The van der Waals surface area contributed by atoms with E-state index in [1.165, 1.54) is 12.1 Å². The first kappa shape index (κ1) is 18.6. The number of piperidine rings is 1. The summed E-state index contributed by atoms with van der Waals surface area (Å²) in [7, 11) is -3.52. The van der Waals surface area contributed by atoms with Crippen molar-refractivity contribution in [3.05, 3.63) is 47.1 Å². The third kappa shape index (κ3) is 3.65. The lowest BCUT2D eigenvalue weighted by Crippen LogP contribution is -2.43. The number of aryl methyl sites for hydroxylation is 2. The van der Waals surface area contributed by atoms with E-state index >= 15 is 0 Å². The lowest BCUT2D eigenvalue weighted by Gasteiger charge is -2.31. The number of carbonyl (C=O) groups excluding carboxylic acids is 1. The molecular formula is C18H21FN2O4S. The van der Waals surface area contributed by atoms with Gasteiger partial charge in [0, 0.05) is 18.7 Å². The molecule has 0 bridgehead atoms. The molecule has 0 N–H and O–H groups in total. The molecule has 1 fully saturated rings. The van der Waals surface area contributed by atoms with Crippen LogP contribution in [0.15, 0.2) is 33.7 Å². The number of hydrogen-bond acceptors (Lipinski definition) is 5. The van der Waals surface area contributed by atoms with E-state index in [4.69, 9.17) is 4.52 Å². The number of benzene rings is 1. The van der Waals surface area contributed by atoms with Gasteiger partial charge >= 0.3 is 0 Å². The Kier molecular flexibility index (Phi) is 5.13. The average molecular weight is 380 g/mol. The Balaban J connectivity index is 1.63. The number of rotatable bonds is 4. The molecule has 26 heavy (non-hydrogen) atoms. The predicted molar refractivity (Wildman–Crippen MR) is 92.9 cm³/mol. The van der Waals surface area contributed by atoms with E-state index in [0.29, 0.717) is 37.4 Å². The van der Waals surface area contributed by atoms with Gasteiger partial charge < -0.3 is 9.42 Å². The summed E-state index contributed by atoms with van der Waals surface area (Å²) in [6, 6.07) is 4.88. The fourth-order valence-electron chi connectivity index (χ4n) is 3.25. The summed E-state index contributed by atoms with van der Waals surface area (Å²) in [5.74, 6) is 0.102. The molecule has 0 unspecified atom stereocenters. The molecule has 1 saturated heterocycles. The molecule has 0 radical (unpaired) electrons. The topological polar surface area (TPSA) is 80.5 Å². The van der Waals surface area contributed by atoms with Gasteiger partial charge in [0.1, 0.15) is 11.6 Å². The molecule has 3 rings (SSSR count). The van der Waals surface area contributed by atoms with Gasteiger partial charge in [0.25, 0.3) is 0 Å². The zero-order valence-corrected chi connectivity index (χ0v) is 15.6. The second kappa shape index (κ2) is 7.19. The van der Waals surface area contributed by atoms with Gasteiger partial charge in [0.15, 0.2) is 9.84 Å². The smallest absolute Gasteiger partial charge is 0.227 e. The number of hydrogen-bond donors (Lipinski definition) is 0. The number of carbonyl (C=O) groups is 1. The maximum absolute atomic E-state index is 13.0. The summed E-state index contributed by atoms with van der Waals surface area (Å²) < 4.78 is 43.4. The Hall–Kier alpha value is -2.22. The molecule has 1 aliphatic rings. The minimum Gasteiger partial charge on any atom is -0.361 e. The van der Waals surface area contributed by atoms with E-state index < -0.39 is 20.9 Å². The van der Waals surface area contributed by atoms with Crippen LogP contribution >= 0.6 is 0 Å². The number of likely N-dealkylation sites (tertiary alicyclic amines) is 1. The quantitative estimate of drug-likeness (QED) is 0.761. The van der Waals surface area contributed by atoms with Crippen molar-refractivity contribution in [2.75, 3.05) is 13.1 Å². The summed E-state index contributed by atoms with van der Waals surface area (Å²) in [6.07, 6.45) is 0.941. The van der Waals surface area contributed by atoms with E-state index in [2.05, 4.69) is 5.16 Å². The molecule has 0 atom stereocenters. The molecular weight excluding hydrogens is 359 g/mol. The molecule has 0 saturated carbocycles. The SMILES string of the molecule is Cc1noc(C)c1CC(=O)N1CCC(S(=O)(=O)c2ccc(F)cc2)CC1. The normalized spacial score (nSPS) is 16.0. The van der Waals surface area contributed by atoms with Gasteiger partial charge in [-0.15, -0.1) is 0 Å². The van der Waals surface area contributed by atoms with Gasteiger partial charge in [0.2, 0.25) is 5.91 Å². The minimum absolute atomic E-state index is 0.0583. The number of nitrogens with zero attached hydrogens (tertiary/aromatic N) is 2. The lowest BCUT2D eigenvalue weighted by molar-refractivity contribution is -0.131. The number of halogens is 1. The van der Waals surface area contributed by atoms with Gasteiger partial charge in [-0.25, -0.2) is 12.8 Å². The fourth-order valence-corrected chi connectivity index (χ4v) is 4.98. The van der Waals surface area contributed by atoms with E-state index in [-0.39, 0.29) is 17.2 Å². The second-order valence-electron chi connectivity index (χ2n) is 6.56. The van der Waals surface area contributed by atoms with E-state index in [9.17, 15) is 17.6 Å². The Labute approximate surface area is 151 Å². The molecule has 2 heterocycles. The third-order valence-corrected chi connectivity index (χ3v) is 7.16. The van der Waals surface area contributed by atoms with Crippen LogP contribution in [0.2, 0.25) is 0 Å². The Morgan fingerprint density at radius 1 is 1.23 bits per heavy atom. The number of aromatic nitrogens is 1. The third-order valence-electron chi connectivity index (χ3n) is 4.88. The van der Waals surface area contributed by atoms with Gasteiger partial charge in [-0.1, -0.05) is 5.16 Å². The highest BCUT2D eigenvalue weighted by Gasteiger charge is 2.33. The van der Waals surface area contributed by atoms with E-state index in [1.807, 2.05) is 0 Å². The fraction of sp³-hybridized carbons (Fsp3) is 0.444. The van der Waals surface area contributed by atoms with Crippen LogP contribution < -0.4 is 0 Å². The molecule has 6 nitrogen and oxygen atoms in total. The Bertz CT molecular complexity index is 878. The van der Waals surface area contributed by atoms with Gasteiger partial charge in [-0.3, -0.25) is 4.79 Å². The molecule has 140 valence electrons. The molecule has 0 aliphatic carbocycles. The Morgan fingerprint density at radius 3 is 2.38 bits per heavy atom. The highest BCUT2D eigenvalue weighted by molar-refractivity contribution is 7.92. The molecule has 0 spiro atoms. The summed E-state index contributed by atoms with van der Waals surface area (Å²) in [4.78, 5) is 14.3. The summed E-state index contributed by atoms with van der Waals surface area (Å²) in [5, 5.41) is 3.29. The van der Waals surface area contributed by atoms with Crippen molar-refractivity contribution in [1.82, 2.24) is 10.1 Å². The van der Waals surface area contributed by atoms with Crippen molar-refractivity contribution in [2.24, 2.45) is 0 Å². The highest BCUT2D eigenvalue weighted by Crippen LogP contribution is 2.25. The Morgan fingerprint density at radius 2 is 1.85 bits per heavy atom. The van der Waals surface area contributed by atoms with Crippen LogP contribution in [-0.2, 0) is 21.1 Å². The summed E-state index contributed by atoms with van der Waals surface area (Å²) >= 11 is 0. The molecule has 2 aromatic rings. The summed E-state index contributed by atoms with van der Waals surface area (Å²) in [6.45, 7) is 4.32. The highest BCUT2D eigenvalue weighted by atomic mass is 32.2. The van der Waals surface area contributed by atoms with Crippen LogP contribution in [0.5, 0.6) is 0 Å². The van der Waals surface area contributed by atoms with Gasteiger partial charge in [-0.2, -0.15) is 0 Å². The number of sulfone groups is 1. The monoisotopic (exact) mass is 380 g/mol. The first-order valence-electron chi connectivity index (χ1n) is 8.48. The van der Waals surface area contributed by atoms with Crippen molar-refractivity contribution in [3.8, 4) is 0 Å². The van der Waals surface area contributed by atoms with Crippen LogP contribution in [-0.4, -0.2) is 42.7 Å². The predicted octanol–water partition coefficient (Wildman–Crippen LogP) is 2.44. The summed E-state index contributed by atoms with van der Waals surface area (Å²) in [5.41, 5.74) is 1.49. The number of amides is 1. The van der Waals surface area contributed by atoms with Crippen molar-refractivity contribution < 1.29 is 22.1 Å². The van der Waals surface area contributed by atoms with Crippen LogP contribution in [0.3, 0.4) is 0 Å². The zero-order chi connectivity index (χ0) is 18.9. The van der Waals surface area contributed by atoms with Gasteiger partial charge in [-0.05, 0) is 51.0 Å². The first-order valence-corrected chi connectivity index (χ1v) is 10.0. The molecule has 1 aromatic carbocycles. The molecule has 1 aliphatic heterocycles. The van der Waals surface area contributed by atoms with Gasteiger partial charge in [0.05, 0.1) is 22.3 Å². The second-order valence-corrected chi connectivity index (χ2v) is 8.79. The minimum atomic E-state index is -3.52. The first-order chi connectivity index (χ1) is 12.3. The van der Waals surface area contributed by atoms with Crippen molar-refractivity contribution >= 4 is 15.7 Å². The van der Waals surface area contributed by atoms with Crippen molar-refractivity contribution in [2.45, 2.75) is 43.3 Å². The van der Waals surface area contributed by atoms with E-state index in [0.717, 1.165) is 17.7 Å². The molecule has 1 amide bonds. The van der Waals surface area contributed by atoms with Crippen LogP contribution in [0.4, 0.5) is 4.39 Å². The lowest BCUT2D eigenvalue weighted by atomic mass is 10.1. The van der Waals surface area contributed by atoms with Crippen LogP contribution in [0, 0.1) is 19.7 Å². The molecule has 1 aromatic heterocycles. The molecule has 8 heteroatoms. The maximum Gasteiger partial charge on any atom is 0.227 e. The van der Waals surface area contributed by atoms with Crippen molar-refractivity contribution in [1.29, 1.82) is 0 Å². The maximum atomic E-state index is 13.0. The van der Waals surface area contributed by atoms with Crippen LogP contribution in [0.1, 0.15) is 29.9 Å². The van der Waals surface area contributed by atoms with E-state index in [1.54, 1.807) is 18.7 Å². The zero-order valence-electron chi connectivity index (χ0n) is 14.7.